The largest absolute Gasteiger partial charge is 0.394 e. The number of aliphatic hydroxyl groups excluding tert-OH is 19. The molecule has 41 nitrogen and oxygen atoms in total. The Morgan fingerprint density at radius 2 is 0.495 bits per heavy atom. The van der Waals surface area contributed by atoms with Crippen molar-refractivity contribution in [1.29, 1.82) is 0 Å². The van der Waals surface area contributed by atoms with Crippen LogP contribution in [0.3, 0.4) is 0 Å². The summed E-state index contributed by atoms with van der Waals surface area (Å²) in [5.74, 6) is -1.45. The molecule has 21 saturated heterocycles. The van der Waals surface area contributed by atoms with E-state index in [-0.39, 0.29) is 32.3 Å². The fraction of sp³-hybridized carbons (Fsp3) is 1.00. The second kappa shape index (κ2) is 33.7. The fourth-order valence-corrected chi connectivity index (χ4v) is 13.0. The molecule has 0 spiro atoms. The van der Waals surface area contributed by atoms with Gasteiger partial charge >= 0.3 is 0 Å². The molecule has 544 valence electrons. The van der Waals surface area contributed by atoms with Crippen molar-refractivity contribution >= 4 is 20.2 Å². The highest BCUT2D eigenvalue weighted by molar-refractivity contribution is 7.86. The molecule has 0 aliphatic carbocycles. The van der Waals surface area contributed by atoms with E-state index in [1.807, 2.05) is 0 Å². The lowest BCUT2D eigenvalue weighted by Crippen LogP contribution is -2.68. The van der Waals surface area contributed by atoms with Crippen LogP contribution in [0, 0.1) is 0 Å². The van der Waals surface area contributed by atoms with Crippen LogP contribution in [0.5, 0.6) is 0 Å². The number of hydrogen-bond acceptors (Lipinski definition) is 39. The van der Waals surface area contributed by atoms with Gasteiger partial charge in [-0.15, -0.1) is 0 Å². The molecule has 21 aliphatic rings. The molecule has 0 amide bonds. The number of aliphatic hydroxyl groups is 19. The standard InChI is InChI=1S/C50H86O41S2/c51-9-16-36-24(58)30(64)45(79-16)87-38-18(11-53)81-47(32(66)26(38)60)89-40-20(13-55)83-49(34(68)28(40)62)91-42-22(15-76-5-1-3-7-92(70,71)72)84-50(35(69)43(42)77-6-2-4-8-93(73,74)75)90-41-21(14-56)82-48(33(67)27(41)61)88-39-19(12-54)80-46(31(65)25(39)59)86-37-17(10-52)78-44(85-36)29(63)23(37)57/h16-69H,1-15H2,(H,70,71,72)(H,73,74,75)/t16-,17-,18-,19-,20-,21-,22-,23-,24-,25-,26-,27-,28-,29-,30-,31-,32-,33-,34-,35-,36-,37-,38-,39-,40-,41-,42-,43-,44-,45-,46-,47-,48-,49-,50-/m1/s1. The van der Waals surface area contributed by atoms with Crippen molar-refractivity contribution in [3.8, 4) is 0 Å². The Morgan fingerprint density at radius 3 is 0.742 bits per heavy atom. The van der Waals surface area contributed by atoms with Gasteiger partial charge in [0.05, 0.1) is 57.8 Å². The van der Waals surface area contributed by atoms with E-state index in [1.54, 1.807) is 0 Å². The highest BCUT2D eigenvalue weighted by Gasteiger charge is 2.60. The monoisotopic (exact) mass is 1410 g/mol. The summed E-state index contributed by atoms with van der Waals surface area (Å²) in [4.78, 5) is 0. The first-order chi connectivity index (χ1) is 44.0. The van der Waals surface area contributed by atoms with E-state index in [0.717, 1.165) is 0 Å². The Balaban J connectivity index is 1.13. The van der Waals surface area contributed by atoms with Crippen LogP contribution in [0.1, 0.15) is 25.7 Å². The summed E-state index contributed by atoms with van der Waals surface area (Å²) < 4.78 is 158. The molecular formula is C50H86O41S2. The average molecular weight is 1410 g/mol. The van der Waals surface area contributed by atoms with Crippen molar-refractivity contribution in [2.45, 2.75) is 241 Å². The number of rotatable bonds is 19. The molecular weight excluding hydrogens is 1320 g/mol. The van der Waals surface area contributed by atoms with Gasteiger partial charge in [0, 0.05) is 13.2 Å². The van der Waals surface area contributed by atoms with Gasteiger partial charge < -0.3 is 173 Å². The first kappa shape index (κ1) is 77.2. The number of hydrogen-bond donors (Lipinski definition) is 21. The van der Waals surface area contributed by atoms with E-state index in [2.05, 4.69) is 0 Å². The minimum atomic E-state index is -4.51. The molecule has 0 radical (unpaired) electrons. The molecule has 0 unspecified atom stereocenters. The Morgan fingerprint density at radius 1 is 0.269 bits per heavy atom. The van der Waals surface area contributed by atoms with Gasteiger partial charge in [0.25, 0.3) is 20.2 Å². The molecule has 21 fully saturated rings. The van der Waals surface area contributed by atoms with Crippen molar-refractivity contribution in [2.75, 3.05) is 71.0 Å². The summed E-state index contributed by atoms with van der Waals surface area (Å²) in [6.07, 6.45) is -72.5. The number of ether oxygens (including phenoxy) is 16. The number of unbranched alkanes of at least 4 members (excludes halogenated alkanes) is 2. The first-order valence-corrected chi connectivity index (χ1v) is 33.0. The second-order valence-electron chi connectivity index (χ2n) is 23.4. The molecule has 21 N–H and O–H groups in total. The second-order valence-corrected chi connectivity index (χ2v) is 26.5. The highest BCUT2D eigenvalue weighted by atomic mass is 32.2. The smallest absolute Gasteiger partial charge is 0.264 e. The lowest BCUT2D eigenvalue weighted by Gasteiger charge is -2.50. The highest BCUT2D eigenvalue weighted by Crippen LogP contribution is 2.39. The molecule has 93 heavy (non-hydrogen) atoms. The molecule has 0 aromatic carbocycles. The van der Waals surface area contributed by atoms with Gasteiger partial charge in [0.15, 0.2) is 44.0 Å². The van der Waals surface area contributed by atoms with Gasteiger partial charge in [-0.3, -0.25) is 9.11 Å². The van der Waals surface area contributed by atoms with Gasteiger partial charge in [0.1, 0.15) is 171 Å². The maximum Gasteiger partial charge on any atom is 0.264 e. The zero-order chi connectivity index (χ0) is 68.1. The maximum atomic E-state index is 12.2. The third-order valence-corrected chi connectivity index (χ3v) is 18.5. The van der Waals surface area contributed by atoms with E-state index in [1.165, 1.54) is 0 Å². The third kappa shape index (κ3) is 18.1. The molecule has 35 atom stereocenters. The van der Waals surface area contributed by atoms with Gasteiger partial charge in [-0.1, -0.05) is 0 Å². The van der Waals surface area contributed by atoms with Gasteiger partial charge in [0.2, 0.25) is 0 Å². The average Bonchev–Trinajstić information content (AvgIpc) is 0.842. The fourth-order valence-electron chi connectivity index (χ4n) is 11.9. The van der Waals surface area contributed by atoms with Crippen LogP contribution < -0.4 is 0 Å². The Bertz CT molecular complexity index is 2480. The summed E-state index contributed by atoms with van der Waals surface area (Å²) in [6.45, 7) is -8.05. The van der Waals surface area contributed by atoms with Crippen LogP contribution in [0.25, 0.3) is 0 Å². The quantitative estimate of drug-likeness (QED) is 0.0422. The molecule has 0 aromatic heterocycles. The van der Waals surface area contributed by atoms with Crippen LogP contribution in [-0.2, 0) is 96.0 Å². The molecule has 21 rings (SSSR count). The maximum absolute atomic E-state index is 12.2. The predicted molar refractivity (Wildman–Crippen MR) is 287 cm³/mol. The van der Waals surface area contributed by atoms with E-state index in [9.17, 15) is 123 Å². The Kier molecular flexibility index (Phi) is 28.0. The van der Waals surface area contributed by atoms with Crippen molar-refractivity contribution in [3.05, 3.63) is 0 Å². The molecule has 14 bridgehead atoms. The van der Waals surface area contributed by atoms with E-state index < -0.39 is 300 Å². The van der Waals surface area contributed by atoms with Crippen LogP contribution in [0.15, 0.2) is 0 Å². The molecule has 0 aromatic rings. The van der Waals surface area contributed by atoms with Crippen LogP contribution in [0.2, 0.25) is 0 Å². The van der Waals surface area contributed by atoms with Crippen molar-refractivity contribution in [1.82, 2.24) is 0 Å². The summed E-state index contributed by atoms with van der Waals surface area (Å²) >= 11 is 0. The first-order valence-electron chi connectivity index (χ1n) is 29.8. The zero-order valence-electron chi connectivity index (χ0n) is 49.2. The summed E-state index contributed by atoms with van der Waals surface area (Å²) in [7, 11) is -8.93. The third-order valence-electron chi connectivity index (χ3n) is 16.9. The van der Waals surface area contributed by atoms with Crippen LogP contribution in [0.4, 0.5) is 0 Å². The van der Waals surface area contributed by atoms with E-state index in [0.29, 0.717) is 0 Å². The van der Waals surface area contributed by atoms with E-state index in [4.69, 9.17) is 75.8 Å². The van der Waals surface area contributed by atoms with Crippen LogP contribution >= 0.6 is 0 Å². The predicted octanol–water partition coefficient (Wildman–Crippen LogP) is -13.8. The van der Waals surface area contributed by atoms with Gasteiger partial charge in [-0.05, 0) is 25.7 Å². The molecule has 0 saturated carbocycles. The van der Waals surface area contributed by atoms with Crippen LogP contribution in [-0.4, -0.2) is 409 Å². The van der Waals surface area contributed by atoms with Crippen molar-refractivity contribution in [2.24, 2.45) is 0 Å². The topological polar surface area (TPSA) is 641 Å². The summed E-state index contributed by atoms with van der Waals surface area (Å²) in [5.41, 5.74) is 0. The minimum absolute atomic E-state index is 0.0329. The normalized spacial score (nSPS) is 48.2. The van der Waals surface area contributed by atoms with Crippen molar-refractivity contribution in [3.63, 3.8) is 0 Å². The SMILES string of the molecule is O=S(=O)(O)CCCCOC[C@H]1O[C@@H]2O[C@H]3[C@H](O)[C@@H](O)[C@@H](O[C@H]4[C@H](O)[C@@H](O)[C@@H](O[C@H]5[C@H](O)[C@@H](O)[C@@H](O[C@H]6[C@H](O)[C@@H](O)[C@@H](O[C@H]7[C@H](O)[C@@H](O)[C@@H](O[C@H]8[C@H](O)[C@@H](O)[C@@H](O[C@H]1[C@H](OCCCCS(=O)(=O)O)[C@H]2O)O[C@@H]8CO)O[C@@H]7CO)O[C@@H]6CO)O[C@@H]5CO)O[C@@H]4CO)O[C@@H]3CO. The van der Waals surface area contributed by atoms with Gasteiger partial charge in [-0.2, -0.15) is 16.8 Å². The zero-order valence-corrected chi connectivity index (χ0v) is 50.8. The lowest BCUT2D eigenvalue weighted by atomic mass is 9.95. The minimum Gasteiger partial charge on any atom is -0.394 e. The van der Waals surface area contributed by atoms with Gasteiger partial charge in [-0.25, -0.2) is 0 Å². The Labute approximate surface area is 529 Å². The molecule has 21 aliphatic heterocycles. The molecule has 43 heteroatoms. The summed E-state index contributed by atoms with van der Waals surface area (Å²) in [6, 6.07) is 0. The molecule has 21 heterocycles. The Hall–Kier alpha value is -1.58. The summed E-state index contributed by atoms with van der Waals surface area (Å²) in [5, 5.41) is 214. The van der Waals surface area contributed by atoms with Crippen molar-refractivity contribution < 1.29 is 199 Å². The van der Waals surface area contributed by atoms with E-state index >= 15 is 0 Å². The lowest BCUT2D eigenvalue weighted by molar-refractivity contribution is -0.398.